The zero-order valence-electron chi connectivity index (χ0n) is 8.87. The lowest BCUT2D eigenvalue weighted by atomic mass is 9.99. The second kappa shape index (κ2) is 6.32. The minimum absolute atomic E-state index is 0.624. The van der Waals surface area contributed by atoms with Crippen LogP contribution in [0.1, 0.15) is 19.3 Å². The number of nitrogens with zero attached hydrogens (tertiary/aromatic N) is 1. The summed E-state index contributed by atoms with van der Waals surface area (Å²) in [7, 11) is 1.77. The maximum absolute atomic E-state index is 5.48. The standard InChI is InChI=1S/C10H20N2OS/c1-13-8-9-3-2-5-12(7-9)6-4-10(11)14/h9H,2-8H2,1H3,(H2,11,14). The van der Waals surface area contributed by atoms with E-state index in [4.69, 9.17) is 22.7 Å². The topological polar surface area (TPSA) is 38.5 Å². The van der Waals surface area contributed by atoms with Crippen molar-refractivity contribution >= 4 is 17.2 Å². The van der Waals surface area contributed by atoms with Gasteiger partial charge >= 0.3 is 0 Å². The summed E-state index contributed by atoms with van der Waals surface area (Å²) in [6.07, 6.45) is 3.40. The van der Waals surface area contributed by atoms with Gasteiger partial charge in [0.1, 0.15) is 0 Å². The van der Waals surface area contributed by atoms with E-state index in [1.165, 1.54) is 19.4 Å². The van der Waals surface area contributed by atoms with E-state index >= 15 is 0 Å². The van der Waals surface area contributed by atoms with E-state index in [0.717, 1.165) is 26.1 Å². The summed E-state index contributed by atoms with van der Waals surface area (Å²) >= 11 is 4.87. The molecule has 1 aliphatic heterocycles. The van der Waals surface area contributed by atoms with Gasteiger partial charge in [0.15, 0.2) is 0 Å². The smallest absolute Gasteiger partial charge is 0.0740 e. The molecule has 0 spiro atoms. The molecule has 1 unspecified atom stereocenters. The molecule has 0 saturated carbocycles. The molecule has 0 aromatic carbocycles. The van der Waals surface area contributed by atoms with Crippen LogP contribution in [0.3, 0.4) is 0 Å². The largest absolute Gasteiger partial charge is 0.393 e. The van der Waals surface area contributed by atoms with Gasteiger partial charge in [0.05, 0.1) is 11.6 Å². The summed E-state index contributed by atoms with van der Waals surface area (Å²) in [5, 5.41) is 0. The third kappa shape index (κ3) is 4.35. The molecule has 1 fully saturated rings. The van der Waals surface area contributed by atoms with Gasteiger partial charge in [-0.15, -0.1) is 0 Å². The second-order valence-corrected chi connectivity index (χ2v) is 4.50. The van der Waals surface area contributed by atoms with Crippen molar-refractivity contribution in [2.75, 3.05) is 33.4 Å². The van der Waals surface area contributed by atoms with Crippen molar-refractivity contribution in [3.05, 3.63) is 0 Å². The highest BCUT2D eigenvalue weighted by Gasteiger charge is 2.19. The number of ether oxygens (including phenoxy) is 1. The molecule has 0 aliphatic carbocycles. The molecule has 3 nitrogen and oxygen atoms in total. The van der Waals surface area contributed by atoms with Crippen LogP contribution < -0.4 is 5.73 Å². The van der Waals surface area contributed by atoms with Gasteiger partial charge in [0.2, 0.25) is 0 Å². The third-order valence-electron chi connectivity index (χ3n) is 2.68. The molecular formula is C10H20N2OS. The molecule has 0 aromatic heterocycles. The zero-order valence-corrected chi connectivity index (χ0v) is 9.68. The first-order valence-corrected chi connectivity index (χ1v) is 5.62. The lowest BCUT2D eigenvalue weighted by Gasteiger charge is -2.32. The molecule has 1 atom stereocenters. The lowest BCUT2D eigenvalue weighted by molar-refractivity contribution is 0.0920. The molecule has 1 saturated heterocycles. The van der Waals surface area contributed by atoms with Crippen molar-refractivity contribution in [3.63, 3.8) is 0 Å². The summed E-state index contributed by atoms with van der Waals surface area (Å²) in [5.74, 6) is 0.695. The average Bonchev–Trinajstić information content (AvgIpc) is 2.16. The molecule has 82 valence electrons. The van der Waals surface area contributed by atoms with Gasteiger partial charge in [-0.2, -0.15) is 0 Å². The monoisotopic (exact) mass is 216 g/mol. The summed E-state index contributed by atoms with van der Waals surface area (Å²) in [4.78, 5) is 3.06. The Morgan fingerprint density at radius 3 is 3.07 bits per heavy atom. The van der Waals surface area contributed by atoms with Crippen LogP contribution in [0.5, 0.6) is 0 Å². The van der Waals surface area contributed by atoms with Crippen molar-refractivity contribution < 1.29 is 4.74 Å². The lowest BCUT2D eigenvalue weighted by Crippen LogP contribution is -2.38. The SMILES string of the molecule is COCC1CCCN(CCC(N)=S)C1. The maximum atomic E-state index is 5.48. The molecule has 1 heterocycles. The van der Waals surface area contributed by atoms with Crippen LogP contribution in [0.4, 0.5) is 0 Å². The fourth-order valence-electron chi connectivity index (χ4n) is 1.99. The van der Waals surface area contributed by atoms with Crippen LogP contribution in [-0.2, 0) is 4.74 Å². The normalized spacial score (nSPS) is 23.6. The third-order valence-corrected chi connectivity index (χ3v) is 2.88. The van der Waals surface area contributed by atoms with Gasteiger partial charge in [-0.25, -0.2) is 0 Å². The van der Waals surface area contributed by atoms with E-state index in [9.17, 15) is 0 Å². The summed E-state index contributed by atoms with van der Waals surface area (Å²) in [5.41, 5.74) is 5.48. The van der Waals surface area contributed by atoms with Gasteiger partial charge < -0.3 is 15.4 Å². The van der Waals surface area contributed by atoms with E-state index in [1.807, 2.05) is 0 Å². The Balaban J connectivity index is 2.21. The van der Waals surface area contributed by atoms with E-state index in [-0.39, 0.29) is 0 Å². The van der Waals surface area contributed by atoms with Crippen LogP contribution in [0.25, 0.3) is 0 Å². The molecular weight excluding hydrogens is 196 g/mol. The van der Waals surface area contributed by atoms with Gasteiger partial charge in [-0.3, -0.25) is 0 Å². The quantitative estimate of drug-likeness (QED) is 0.696. The molecule has 0 radical (unpaired) electrons. The Morgan fingerprint density at radius 1 is 1.64 bits per heavy atom. The number of thiocarbonyl (C=S) groups is 1. The number of piperidine rings is 1. The minimum atomic E-state index is 0.624. The minimum Gasteiger partial charge on any atom is -0.393 e. The zero-order chi connectivity index (χ0) is 10.4. The van der Waals surface area contributed by atoms with Crippen molar-refractivity contribution in [2.45, 2.75) is 19.3 Å². The molecule has 1 rings (SSSR count). The molecule has 1 aliphatic rings. The second-order valence-electron chi connectivity index (χ2n) is 3.98. The number of hydrogen-bond acceptors (Lipinski definition) is 3. The average molecular weight is 216 g/mol. The van der Waals surface area contributed by atoms with Crippen LogP contribution in [0.15, 0.2) is 0 Å². The molecule has 0 bridgehead atoms. The number of rotatable bonds is 5. The Bertz CT molecular complexity index is 185. The van der Waals surface area contributed by atoms with Crippen LogP contribution in [0, 0.1) is 5.92 Å². The van der Waals surface area contributed by atoms with Gasteiger partial charge in [-0.05, 0) is 25.3 Å². The Hall–Kier alpha value is -0.190. The molecule has 4 heteroatoms. The summed E-state index contributed by atoms with van der Waals surface area (Å²) in [6.45, 7) is 4.21. The molecule has 14 heavy (non-hydrogen) atoms. The van der Waals surface area contributed by atoms with Gasteiger partial charge in [-0.1, -0.05) is 12.2 Å². The predicted octanol–water partition coefficient (Wildman–Crippen LogP) is 1.02. The fraction of sp³-hybridized carbons (Fsp3) is 0.900. The Labute approximate surface area is 91.6 Å². The van der Waals surface area contributed by atoms with Crippen LogP contribution in [-0.4, -0.2) is 43.2 Å². The highest BCUT2D eigenvalue weighted by molar-refractivity contribution is 7.80. The van der Waals surface area contributed by atoms with Crippen LogP contribution in [0.2, 0.25) is 0 Å². The van der Waals surface area contributed by atoms with Gasteiger partial charge in [0.25, 0.3) is 0 Å². The Kier molecular flexibility index (Phi) is 5.37. The number of nitrogens with two attached hydrogens (primary N) is 1. The first-order valence-electron chi connectivity index (χ1n) is 5.22. The highest BCUT2D eigenvalue weighted by Crippen LogP contribution is 2.16. The highest BCUT2D eigenvalue weighted by atomic mass is 32.1. The van der Waals surface area contributed by atoms with E-state index in [1.54, 1.807) is 7.11 Å². The maximum Gasteiger partial charge on any atom is 0.0740 e. The van der Waals surface area contributed by atoms with Gasteiger partial charge in [0, 0.05) is 26.6 Å². The van der Waals surface area contributed by atoms with E-state index < -0.39 is 0 Å². The van der Waals surface area contributed by atoms with Crippen molar-refractivity contribution in [3.8, 4) is 0 Å². The number of likely N-dealkylation sites (tertiary alicyclic amines) is 1. The molecule has 0 aromatic rings. The Morgan fingerprint density at radius 2 is 2.43 bits per heavy atom. The number of methoxy groups -OCH3 is 1. The number of hydrogen-bond donors (Lipinski definition) is 1. The van der Waals surface area contributed by atoms with Crippen molar-refractivity contribution in [1.82, 2.24) is 4.90 Å². The van der Waals surface area contributed by atoms with Crippen LogP contribution >= 0.6 is 12.2 Å². The molecule has 2 N–H and O–H groups in total. The first-order chi connectivity index (χ1) is 6.72. The van der Waals surface area contributed by atoms with Crippen molar-refractivity contribution in [1.29, 1.82) is 0 Å². The van der Waals surface area contributed by atoms with E-state index in [0.29, 0.717) is 10.9 Å². The van der Waals surface area contributed by atoms with E-state index in [2.05, 4.69) is 4.90 Å². The molecule has 0 amide bonds. The summed E-state index contributed by atoms with van der Waals surface area (Å²) in [6, 6.07) is 0. The predicted molar refractivity (Wildman–Crippen MR) is 62.4 cm³/mol. The first kappa shape index (κ1) is 11.9. The summed E-state index contributed by atoms with van der Waals surface area (Å²) < 4.78 is 5.18. The van der Waals surface area contributed by atoms with Crippen molar-refractivity contribution in [2.24, 2.45) is 11.7 Å². The fourth-order valence-corrected chi connectivity index (χ4v) is 2.09.